The van der Waals surface area contributed by atoms with E-state index in [-0.39, 0.29) is 5.91 Å². The third kappa shape index (κ3) is 7.26. The van der Waals surface area contributed by atoms with E-state index >= 15 is 0 Å². The normalized spacial score (nSPS) is 16.5. The molecule has 1 aliphatic heterocycles. The standard InChI is InChI=1S/C25H35N3O3/c1-4-27(2)16-22-12-13-28(17-22)18-25(29)26-15-21-10-11-23(24(14-21)30-3)31-19-20-8-6-5-7-9-20/h5-11,14,22H,4,12-13,15-19H2,1-3H3,(H,26,29). The van der Waals surface area contributed by atoms with Gasteiger partial charge in [-0.3, -0.25) is 9.69 Å². The van der Waals surface area contributed by atoms with Crippen molar-refractivity contribution >= 4 is 5.91 Å². The minimum Gasteiger partial charge on any atom is -0.493 e. The van der Waals surface area contributed by atoms with Crippen LogP contribution in [-0.4, -0.2) is 62.6 Å². The molecule has 1 amide bonds. The van der Waals surface area contributed by atoms with Crippen molar-refractivity contribution in [3.8, 4) is 11.5 Å². The van der Waals surface area contributed by atoms with E-state index in [1.54, 1.807) is 7.11 Å². The number of nitrogens with zero attached hydrogens (tertiary/aromatic N) is 2. The number of methoxy groups -OCH3 is 1. The average Bonchev–Trinajstić information content (AvgIpc) is 3.23. The lowest BCUT2D eigenvalue weighted by Crippen LogP contribution is -2.36. The number of amides is 1. The zero-order valence-electron chi connectivity index (χ0n) is 19.0. The molecule has 3 rings (SSSR count). The van der Waals surface area contributed by atoms with Crippen LogP contribution in [0.4, 0.5) is 0 Å². The van der Waals surface area contributed by atoms with Crippen LogP contribution in [0.3, 0.4) is 0 Å². The highest BCUT2D eigenvalue weighted by Gasteiger charge is 2.24. The van der Waals surface area contributed by atoms with Crippen molar-refractivity contribution in [3.63, 3.8) is 0 Å². The molecule has 168 valence electrons. The van der Waals surface area contributed by atoms with Crippen LogP contribution in [0.1, 0.15) is 24.5 Å². The van der Waals surface area contributed by atoms with Gasteiger partial charge in [0.2, 0.25) is 5.91 Å². The van der Waals surface area contributed by atoms with Gasteiger partial charge in [0.15, 0.2) is 11.5 Å². The van der Waals surface area contributed by atoms with Crippen LogP contribution in [0.2, 0.25) is 0 Å². The highest BCUT2D eigenvalue weighted by atomic mass is 16.5. The second-order valence-corrected chi connectivity index (χ2v) is 8.28. The molecule has 1 atom stereocenters. The van der Waals surface area contributed by atoms with E-state index in [1.807, 2.05) is 48.5 Å². The van der Waals surface area contributed by atoms with Gasteiger partial charge in [-0.25, -0.2) is 0 Å². The van der Waals surface area contributed by atoms with Crippen molar-refractivity contribution in [2.24, 2.45) is 5.92 Å². The summed E-state index contributed by atoms with van der Waals surface area (Å²) in [4.78, 5) is 17.0. The Bertz CT molecular complexity index is 828. The predicted molar refractivity (Wildman–Crippen MR) is 123 cm³/mol. The van der Waals surface area contributed by atoms with Crippen molar-refractivity contribution < 1.29 is 14.3 Å². The Balaban J connectivity index is 1.45. The van der Waals surface area contributed by atoms with Crippen LogP contribution in [0.25, 0.3) is 0 Å². The first-order valence-corrected chi connectivity index (χ1v) is 11.1. The second-order valence-electron chi connectivity index (χ2n) is 8.28. The van der Waals surface area contributed by atoms with Crippen LogP contribution >= 0.6 is 0 Å². The molecule has 2 aromatic carbocycles. The van der Waals surface area contributed by atoms with Crippen molar-refractivity contribution in [1.29, 1.82) is 0 Å². The smallest absolute Gasteiger partial charge is 0.234 e. The number of likely N-dealkylation sites (tertiary alicyclic amines) is 1. The molecule has 1 saturated heterocycles. The van der Waals surface area contributed by atoms with Crippen LogP contribution < -0.4 is 14.8 Å². The highest BCUT2D eigenvalue weighted by Crippen LogP contribution is 2.29. The van der Waals surface area contributed by atoms with Crippen LogP contribution in [0, 0.1) is 5.92 Å². The molecule has 31 heavy (non-hydrogen) atoms. The number of carbonyl (C=O) groups is 1. The summed E-state index contributed by atoms with van der Waals surface area (Å²) >= 11 is 0. The average molecular weight is 426 g/mol. The Labute approximate surface area is 186 Å². The number of carbonyl (C=O) groups excluding carboxylic acids is 1. The van der Waals surface area contributed by atoms with Crippen LogP contribution in [0.15, 0.2) is 48.5 Å². The molecule has 0 saturated carbocycles. The third-order valence-electron chi connectivity index (χ3n) is 5.80. The Kier molecular flexibility index (Phi) is 8.74. The van der Waals surface area contributed by atoms with Crippen molar-refractivity contribution in [2.75, 3.05) is 46.9 Å². The van der Waals surface area contributed by atoms with Gasteiger partial charge >= 0.3 is 0 Å². The molecule has 2 aromatic rings. The zero-order valence-corrected chi connectivity index (χ0v) is 19.0. The lowest BCUT2D eigenvalue weighted by Gasteiger charge is -2.20. The van der Waals surface area contributed by atoms with Crippen molar-refractivity contribution in [1.82, 2.24) is 15.1 Å². The fraction of sp³-hybridized carbons (Fsp3) is 0.480. The van der Waals surface area contributed by atoms with E-state index in [4.69, 9.17) is 9.47 Å². The van der Waals surface area contributed by atoms with E-state index in [1.165, 1.54) is 6.42 Å². The fourth-order valence-electron chi connectivity index (χ4n) is 3.91. The molecule has 1 aliphatic rings. The first-order chi connectivity index (χ1) is 15.1. The molecule has 1 fully saturated rings. The molecule has 0 spiro atoms. The molecule has 0 radical (unpaired) electrons. The first kappa shape index (κ1) is 23.1. The summed E-state index contributed by atoms with van der Waals surface area (Å²) in [5.74, 6) is 2.09. The van der Waals surface area contributed by atoms with Crippen LogP contribution in [0.5, 0.6) is 11.5 Å². The minimum atomic E-state index is 0.0628. The Morgan fingerprint density at radius 3 is 2.71 bits per heavy atom. The molecule has 1 heterocycles. The van der Waals surface area contributed by atoms with Crippen molar-refractivity contribution in [3.05, 3.63) is 59.7 Å². The van der Waals surface area contributed by atoms with Gasteiger partial charge in [-0.15, -0.1) is 0 Å². The summed E-state index contributed by atoms with van der Waals surface area (Å²) in [5.41, 5.74) is 2.09. The van der Waals surface area contributed by atoms with Gasteiger partial charge in [0.1, 0.15) is 6.61 Å². The topological polar surface area (TPSA) is 54.0 Å². The number of hydrogen-bond donors (Lipinski definition) is 1. The Hall–Kier alpha value is -2.57. The SMILES string of the molecule is CCN(C)CC1CCN(CC(=O)NCc2ccc(OCc3ccccc3)c(OC)c2)C1. The number of rotatable bonds is 11. The first-order valence-electron chi connectivity index (χ1n) is 11.1. The number of benzene rings is 2. The number of hydrogen-bond acceptors (Lipinski definition) is 5. The maximum absolute atomic E-state index is 12.4. The van der Waals surface area contributed by atoms with E-state index in [0.29, 0.717) is 37.1 Å². The van der Waals surface area contributed by atoms with Crippen LogP contribution in [-0.2, 0) is 17.9 Å². The van der Waals surface area contributed by atoms with Crippen molar-refractivity contribution in [2.45, 2.75) is 26.5 Å². The van der Waals surface area contributed by atoms with Gasteiger partial charge in [0.25, 0.3) is 0 Å². The van der Waals surface area contributed by atoms with E-state index in [2.05, 4.69) is 29.1 Å². The predicted octanol–water partition coefficient (Wildman–Crippen LogP) is 3.16. The number of nitrogens with one attached hydrogen (secondary N) is 1. The summed E-state index contributed by atoms with van der Waals surface area (Å²) in [6, 6.07) is 15.8. The molecule has 0 aromatic heterocycles. The molecular formula is C25H35N3O3. The summed E-state index contributed by atoms with van der Waals surface area (Å²) in [6.07, 6.45) is 1.17. The van der Waals surface area contributed by atoms with E-state index in [0.717, 1.165) is 37.3 Å². The van der Waals surface area contributed by atoms with Gasteiger partial charge in [-0.1, -0.05) is 43.3 Å². The van der Waals surface area contributed by atoms with Gasteiger partial charge < -0.3 is 19.7 Å². The summed E-state index contributed by atoms with van der Waals surface area (Å²) in [5, 5.41) is 3.03. The van der Waals surface area contributed by atoms with E-state index < -0.39 is 0 Å². The molecule has 6 nitrogen and oxygen atoms in total. The zero-order chi connectivity index (χ0) is 22.1. The molecule has 1 N–H and O–H groups in total. The second kappa shape index (κ2) is 11.7. The lowest BCUT2D eigenvalue weighted by molar-refractivity contribution is -0.122. The monoisotopic (exact) mass is 425 g/mol. The van der Waals surface area contributed by atoms with Gasteiger partial charge in [0, 0.05) is 19.6 Å². The maximum Gasteiger partial charge on any atom is 0.234 e. The highest BCUT2D eigenvalue weighted by molar-refractivity contribution is 5.78. The van der Waals surface area contributed by atoms with Gasteiger partial charge in [-0.2, -0.15) is 0 Å². The number of ether oxygens (including phenoxy) is 2. The summed E-state index contributed by atoms with van der Waals surface area (Å²) in [7, 11) is 3.79. The van der Waals surface area contributed by atoms with Gasteiger partial charge in [0.05, 0.1) is 13.7 Å². The Morgan fingerprint density at radius 1 is 1.16 bits per heavy atom. The molecule has 6 heteroatoms. The largest absolute Gasteiger partial charge is 0.493 e. The Morgan fingerprint density at radius 2 is 1.97 bits per heavy atom. The lowest BCUT2D eigenvalue weighted by atomic mass is 10.1. The minimum absolute atomic E-state index is 0.0628. The molecule has 0 bridgehead atoms. The quantitative estimate of drug-likeness (QED) is 0.599. The molecule has 0 aliphatic carbocycles. The molecule has 1 unspecified atom stereocenters. The van der Waals surface area contributed by atoms with E-state index in [9.17, 15) is 4.79 Å². The van der Waals surface area contributed by atoms with Gasteiger partial charge in [-0.05, 0) is 55.7 Å². The maximum atomic E-state index is 12.4. The fourth-order valence-corrected chi connectivity index (χ4v) is 3.91. The summed E-state index contributed by atoms with van der Waals surface area (Å²) < 4.78 is 11.4. The summed E-state index contributed by atoms with van der Waals surface area (Å²) in [6.45, 7) is 7.76. The third-order valence-corrected chi connectivity index (χ3v) is 5.80. The molecular weight excluding hydrogens is 390 g/mol.